The predicted octanol–water partition coefficient (Wildman–Crippen LogP) is 3.20. The van der Waals surface area contributed by atoms with Crippen LogP contribution in [0.15, 0.2) is 24.5 Å². The average Bonchev–Trinajstić information content (AvgIpc) is 2.07. The van der Waals surface area contributed by atoms with Crippen molar-refractivity contribution in [3.8, 4) is 0 Å². The van der Waals surface area contributed by atoms with E-state index in [0.717, 1.165) is 0 Å². The summed E-state index contributed by atoms with van der Waals surface area (Å²) in [5, 5.41) is 0. The zero-order chi connectivity index (χ0) is 8.53. The van der Waals surface area contributed by atoms with Crippen LogP contribution in [0.4, 0.5) is 0 Å². The standard InChI is InChI=1S/C6H7N.C4H10/c1-6-3-2-4-7-5-6;1-3-4-2/h2-5H,1H3;3-4H2,1-2H3. The lowest BCUT2D eigenvalue weighted by Crippen LogP contribution is -1.69. The van der Waals surface area contributed by atoms with Gasteiger partial charge in [-0.2, -0.15) is 0 Å². The summed E-state index contributed by atoms with van der Waals surface area (Å²) in [5.41, 5.74) is 1.21. The van der Waals surface area contributed by atoms with Crippen molar-refractivity contribution >= 4 is 0 Å². The van der Waals surface area contributed by atoms with Gasteiger partial charge in [0.1, 0.15) is 0 Å². The fourth-order valence-electron chi connectivity index (χ4n) is 0.448. The highest BCUT2D eigenvalue weighted by atomic mass is 14.6. The second-order valence-electron chi connectivity index (χ2n) is 2.53. The minimum Gasteiger partial charge on any atom is -0.264 e. The maximum atomic E-state index is 3.88. The molecular formula is C10H17N. The molecule has 0 radical (unpaired) electrons. The van der Waals surface area contributed by atoms with Crippen molar-refractivity contribution in [2.45, 2.75) is 33.6 Å². The van der Waals surface area contributed by atoms with Crippen LogP contribution in [0.5, 0.6) is 0 Å². The third-order valence-corrected chi connectivity index (χ3v) is 1.31. The van der Waals surface area contributed by atoms with E-state index < -0.39 is 0 Å². The average molecular weight is 151 g/mol. The Bertz CT molecular complexity index is 156. The molecule has 0 aliphatic carbocycles. The maximum Gasteiger partial charge on any atom is 0.0297 e. The van der Waals surface area contributed by atoms with E-state index in [-0.39, 0.29) is 0 Å². The van der Waals surface area contributed by atoms with Crippen LogP contribution < -0.4 is 0 Å². The van der Waals surface area contributed by atoms with E-state index in [2.05, 4.69) is 18.8 Å². The quantitative estimate of drug-likeness (QED) is 0.600. The fraction of sp³-hybridized carbons (Fsp3) is 0.500. The topological polar surface area (TPSA) is 12.9 Å². The van der Waals surface area contributed by atoms with Gasteiger partial charge in [0.05, 0.1) is 0 Å². The molecular weight excluding hydrogens is 134 g/mol. The van der Waals surface area contributed by atoms with Gasteiger partial charge in [-0.1, -0.05) is 32.8 Å². The van der Waals surface area contributed by atoms with Gasteiger partial charge in [0.2, 0.25) is 0 Å². The number of pyridine rings is 1. The van der Waals surface area contributed by atoms with Crippen LogP contribution in [-0.2, 0) is 0 Å². The molecule has 0 N–H and O–H groups in total. The number of aromatic nitrogens is 1. The molecule has 0 bridgehead atoms. The highest BCUT2D eigenvalue weighted by Gasteiger charge is 1.73. The second-order valence-corrected chi connectivity index (χ2v) is 2.53. The zero-order valence-corrected chi connectivity index (χ0v) is 7.67. The minimum absolute atomic E-state index is 1.21. The highest BCUT2D eigenvalue weighted by Crippen LogP contribution is 1.88. The van der Waals surface area contributed by atoms with Crippen LogP contribution in [0.2, 0.25) is 0 Å². The van der Waals surface area contributed by atoms with Gasteiger partial charge in [0.25, 0.3) is 0 Å². The van der Waals surface area contributed by atoms with Crippen molar-refractivity contribution in [3.05, 3.63) is 30.1 Å². The maximum absolute atomic E-state index is 3.88. The molecule has 1 nitrogen and oxygen atoms in total. The zero-order valence-electron chi connectivity index (χ0n) is 7.67. The minimum atomic E-state index is 1.21. The van der Waals surface area contributed by atoms with Gasteiger partial charge in [-0.3, -0.25) is 4.98 Å². The molecule has 0 spiro atoms. The summed E-state index contributed by atoms with van der Waals surface area (Å²) in [4.78, 5) is 3.88. The summed E-state index contributed by atoms with van der Waals surface area (Å²) in [6, 6.07) is 3.95. The molecule has 11 heavy (non-hydrogen) atoms. The van der Waals surface area contributed by atoms with E-state index in [4.69, 9.17) is 0 Å². The van der Waals surface area contributed by atoms with Crippen LogP contribution in [-0.4, -0.2) is 4.98 Å². The molecule has 0 amide bonds. The van der Waals surface area contributed by atoms with E-state index in [1.807, 2.05) is 25.3 Å². The van der Waals surface area contributed by atoms with Gasteiger partial charge in [0.15, 0.2) is 0 Å². The third kappa shape index (κ3) is 7.04. The fourth-order valence-corrected chi connectivity index (χ4v) is 0.448. The SMILES string of the molecule is CCCC.Cc1cccnc1. The van der Waals surface area contributed by atoms with Gasteiger partial charge < -0.3 is 0 Å². The molecule has 1 aromatic heterocycles. The molecule has 1 heteroatoms. The summed E-state index contributed by atoms with van der Waals surface area (Å²) >= 11 is 0. The van der Waals surface area contributed by atoms with Crippen molar-refractivity contribution in [1.29, 1.82) is 0 Å². The monoisotopic (exact) mass is 151 g/mol. The van der Waals surface area contributed by atoms with Gasteiger partial charge in [-0.25, -0.2) is 0 Å². The molecule has 0 fully saturated rings. The van der Waals surface area contributed by atoms with Crippen molar-refractivity contribution in [2.24, 2.45) is 0 Å². The van der Waals surface area contributed by atoms with Crippen molar-refractivity contribution < 1.29 is 0 Å². The van der Waals surface area contributed by atoms with Gasteiger partial charge in [0, 0.05) is 12.4 Å². The first-order chi connectivity index (χ1) is 5.31. The van der Waals surface area contributed by atoms with Gasteiger partial charge in [-0.05, 0) is 18.6 Å². The smallest absolute Gasteiger partial charge is 0.0297 e. The largest absolute Gasteiger partial charge is 0.264 e. The van der Waals surface area contributed by atoms with Gasteiger partial charge >= 0.3 is 0 Å². The van der Waals surface area contributed by atoms with E-state index in [9.17, 15) is 0 Å². The molecule has 1 rings (SSSR count). The number of unbranched alkanes of at least 4 members (excludes halogenated alkanes) is 1. The molecule has 0 saturated carbocycles. The number of aryl methyl sites for hydroxylation is 1. The summed E-state index contributed by atoms with van der Waals surface area (Å²) in [5.74, 6) is 0. The van der Waals surface area contributed by atoms with Crippen LogP contribution in [0.25, 0.3) is 0 Å². The first-order valence-corrected chi connectivity index (χ1v) is 4.17. The number of rotatable bonds is 1. The Balaban J connectivity index is 0.000000218. The Kier molecular flexibility index (Phi) is 6.70. The molecule has 1 heterocycles. The lowest BCUT2D eigenvalue weighted by molar-refractivity contribution is 0.886. The Morgan fingerprint density at radius 3 is 2.09 bits per heavy atom. The summed E-state index contributed by atoms with van der Waals surface area (Å²) in [6.07, 6.45) is 6.24. The third-order valence-electron chi connectivity index (χ3n) is 1.31. The molecule has 0 atom stereocenters. The van der Waals surface area contributed by atoms with E-state index in [0.29, 0.717) is 0 Å². The predicted molar refractivity (Wildman–Crippen MR) is 49.6 cm³/mol. The van der Waals surface area contributed by atoms with Gasteiger partial charge in [-0.15, -0.1) is 0 Å². The summed E-state index contributed by atoms with van der Waals surface area (Å²) in [6.45, 7) is 6.38. The number of nitrogens with zero attached hydrogens (tertiary/aromatic N) is 1. The molecule has 0 aliphatic rings. The van der Waals surface area contributed by atoms with Crippen molar-refractivity contribution in [3.63, 3.8) is 0 Å². The molecule has 0 saturated heterocycles. The summed E-state index contributed by atoms with van der Waals surface area (Å²) < 4.78 is 0. The second kappa shape index (κ2) is 7.26. The Morgan fingerprint density at radius 2 is 1.91 bits per heavy atom. The molecule has 0 aliphatic heterocycles. The molecule has 62 valence electrons. The number of hydrogen-bond donors (Lipinski definition) is 0. The van der Waals surface area contributed by atoms with E-state index >= 15 is 0 Å². The van der Waals surface area contributed by atoms with E-state index in [1.54, 1.807) is 6.20 Å². The van der Waals surface area contributed by atoms with Crippen LogP contribution in [0.3, 0.4) is 0 Å². The summed E-state index contributed by atoms with van der Waals surface area (Å²) in [7, 11) is 0. The van der Waals surface area contributed by atoms with Crippen LogP contribution >= 0.6 is 0 Å². The molecule has 0 unspecified atom stereocenters. The van der Waals surface area contributed by atoms with Crippen molar-refractivity contribution in [1.82, 2.24) is 4.98 Å². The van der Waals surface area contributed by atoms with E-state index in [1.165, 1.54) is 18.4 Å². The lowest BCUT2D eigenvalue weighted by atomic mass is 10.3. The van der Waals surface area contributed by atoms with Crippen LogP contribution in [0, 0.1) is 6.92 Å². The Labute approximate surface area is 69.5 Å². The first-order valence-electron chi connectivity index (χ1n) is 4.17. The van der Waals surface area contributed by atoms with Crippen LogP contribution in [0.1, 0.15) is 32.3 Å². The number of hydrogen-bond acceptors (Lipinski definition) is 1. The normalized spacial score (nSPS) is 8.27. The highest BCUT2D eigenvalue weighted by molar-refractivity contribution is 5.04. The molecule has 0 aromatic carbocycles. The van der Waals surface area contributed by atoms with Crippen molar-refractivity contribution in [2.75, 3.05) is 0 Å². The lowest BCUT2D eigenvalue weighted by Gasteiger charge is -1.82. The Morgan fingerprint density at radius 1 is 1.27 bits per heavy atom. The molecule has 1 aromatic rings. The first kappa shape index (κ1) is 10.2. The Hall–Kier alpha value is -0.850.